The predicted molar refractivity (Wildman–Crippen MR) is 84.0 cm³/mol. The lowest BCUT2D eigenvalue weighted by atomic mass is 9.95. The quantitative estimate of drug-likeness (QED) is 0.664. The maximum Gasteiger partial charge on any atom is 0.0710 e. The molecule has 0 fully saturated rings. The van der Waals surface area contributed by atoms with Gasteiger partial charge in [-0.1, -0.05) is 57.9 Å². The highest BCUT2D eigenvalue weighted by molar-refractivity contribution is 9.10. The van der Waals surface area contributed by atoms with Crippen molar-refractivity contribution in [3.8, 4) is 0 Å². The summed E-state index contributed by atoms with van der Waals surface area (Å²) >= 11 is 3.60. The molecule has 0 aromatic heterocycles. The van der Waals surface area contributed by atoms with Crippen molar-refractivity contribution in [3.05, 3.63) is 68.7 Å². The van der Waals surface area contributed by atoms with Crippen LogP contribution in [-0.2, 0) is 0 Å². The van der Waals surface area contributed by atoms with Crippen LogP contribution in [0.4, 0.5) is 0 Å². The minimum Gasteiger partial charge on any atom is -0.271 e. The molecule has 0 amide bonds. The van der Waals surface area contributed by atoms with Gasteiger partial charge in [0.05, 0.1) is 6.04 Å². The minimum absolute atomic E-state index is 0.0189. The van der Waals surface area contributed by atoms with Crippen molar-refractivity contribution in [1.29, 1.82) is 0 Å². The fourth-order valence-corrected chi connectivity index (χ4v) is 2.61. The first kappa shape index (κ1) is 14.3. The molecule has 0 saturated carbocycles. The van der Waals surface area contributed by atoms with E-state index in [1.54, 1.807) is 0 Å². The number of nitrogens with one attached hydrogen (secondary N) is 1. The van der Waals surface area contributed by atoms with Crippen LogP contribution in [0.1, 0.15) is 33.9 Å². The van der Waals surface area contributed by atoms with E-state index in [-0.39, 0.29) is 6.04 Å². The molecule has 3 N–H and O–H groups in total. The topological polar surface area (TPSA) is 38.0 Å². The van der Waals surface area contributed by atoms with Crippen LogP contribution in [0.3, 0.4) is 0 Å². The number of halogens is 1. The summed E-state index contributed by atoms with van der Waals surface area (Å²) in [5, 5.41) is 0. The van der Waals surface area contributed by atoms with Gasteiger partial charge < -0.3 is 0 Å². The average Bonchev–Trinajstić information content (AvgIpc) is 2.37. The summed E-state index contributed by atoms with van der Waals surface area (Å²) in [4.78, 5) is 0. The second-order valence-electron chi connectivity index (χ2n) is 4.98. The second kappa shape index (κ2) is 5.87. The molecule has 2 aromatic carbocycles. The Morgan fingerprint density at radius 2 is 1.63 bits per heavy atom. The van der Waals surface area contributed by atoms with Crippen LogP contribution in [0, 0.1) is 20.8 Å². The van der Waals surface area contributed by atoms with Crippen LogP contribution in [0.5, 0.6) is 0 Å². The van der Waals surface area contributed by atoms with Crippen LogP contribution >= 0.6 is 15.9 Å². The largest absolute Gasteiger partial charge is 0.271 e. The van der Waals surface area contributed by atoms with Crippen LogP contribution in [0.25, 0.3) is 0 Å². The highest BCUT2D eigenvalue weighted by Crippen LogP contribution is 2.28. The van der Waals surface area contributed by atoms with E-state index in [4.69, 9.17) is 5.84 Å². The highest BCUT2D eigenvalue weighted by Gasteiger charge is 2.14. The van der Waals surface area contributed by atoms with E-state index in [1.165, 1.54) is 27.8 Å². The molecule has 0 aliphatic carbocycles. The van der Waals surface area contributed by atoms with Gasteiger partial charge in [0.1, 0.15) is 0 Å². The first-order valence-corrected chi connectivity index (χ1v) is 7.11. The van der Waals surface area contributed by atoms with Crippen molar-refractivity contribution in [2.24, 2.45) is 5.84 Å². The molecular formula is C16H19BrN2. The van der Waals surface area contributed by atoms with Crippen LogP contribution < -0.4 is 11.3 Å². The summed E-state index contributed by atoms with van der Waals surface area (Å²) in [6.07, 6.45) is 0. The highest BCUT2D eigenvalue weighted by atomic mass is 79.9. The summed E-state index contributed by atoms with van der Waals surface area (Å²) < 4.78 is 1.16. The van der Waals surface area contributed by atoms with Gasteiger partial charge in [-0.05, 0) is 43.0 Å². The SMILES string of the molecule is Cc1cccc(C(NN)c2cc(C)c(Br)c(C)c2)c1. The molecular weight excluding hydrogens is 300 g/mol. The molecule has 1 unspecified atom stereocenters. The van der Waals surface area contributed by atoms with Gasteiger partial charge in [-0.3, -0.25) is 5.84 Å². The van der Waals surface area contributed by atoms with E-state index in [9.17, 15) is 0 Å². The Hall–Kier alpha value is -1.16. The van der Waals surface area contributed by atoms with E-state index >= 15 is 0 Å². The molecule has 0 aliphatic rings. The Kier molecular flexibility index (Phi) is 4.40. The van der Waals surface area contributed by atoms with Crippen molar-refractivity contribution < 1.29 is 0 Å². The zero-order chi connectivity index (χ0) is 14.0. The van der Waals surface area contributed by atoms with E-state index < -0.39 is 0 Å². The molecule has 0 bridgehead atoms. The molecule has 0 heterocycles. The molecule has 2 aromatic rings. The predicted octanol–water partition coefficient (Wildman–Crippen LogP) is 3.93. The Bertz CT molecular complexity index is 570. The summed E-state index contributed by atoms with van der Waals surface area (Å²) in [5.74, 6) is 5.76. The zero-order valence-electron chi connectivity index (χ0n) is 11.5. The average molecular weight is 319 g/mol. The fourth-order valence-electron chi connectivity index (χ4n) is 2.38. The lowest BCUT2D eigenvalue weighted by Gasteiger charge is -2.19. The van der Waals surface area contributed by atoms with Gasteiger partial charge in [0.15, 0.2) is 0 Å². The fraction of sp³-hybridized carbons (Fsp3) is 0.250. The molecule has 2 rings (SSSR count). The van der Waals surface area contributed by atoms with E-state index in [0.29, 0.717) is 0 Å². The molecule has 0 radical (unpaired) electrons. The Morgan fingerprint density at radius 1 is 1.00 bits per heavy atom. The van der Waals surface area contributed by atoms with Gasteiger partial charge in [0, 0.05) is 4.47 Å². The Morgan fingerprint density at radius 3 is 2.16 bits per heavy atom. The van der Waals surface area contributed by atoms with E-state index in [1.807, 2.05) is 0 Å². The van der Waals surface area contributed by atoms with Crippen LogP contribution in [0.2, 0.25) is 0 Å². The maximum absolute atomic E-state index is 5.76. The van der Waals surface area contributed by atoms with Gasteiger partial charge >= 0.3 is 0 Å². The second-order valence-corrected chi connectivity index (χ2v) is 5.78. The third-order valence-electron chi connectivity index (χ3n) is 3.33. The smallest absolute Gasteiger partial charge is 0.0710 e. The molecule has 2 nitrogen and oxygen atoms in total. The van der Waals surface area contributed by atoms with Crippen molar-refractivity contribution >= 4 is 15.9 Å². The summed E-state index contributed by atoms with van der Waals surface area (Å²) in [7, 11) is 0. The first-order valence-electron chi connectivity index (χ1n) is 6.32. The van der Waals surface area contributed by atoms with Crippen LogP contribution in [0.15, 0.2) is 40.9 Å². The lowest BCUT2D eigenvalue weighted by Crippen LogP contribution is -2.29. The summed E-state index contributed by atoms with van der Waals surface area (Å²) in [6, 6.07) is 12.8. The van der Waals surface area contributed by atoms with Crippen LogP contribution in [-0.4, -0.2) is 0 Å². The summed E-state index contributed by atoms with van der Waals surface area (Å²) in [6.45, 7) is 6.30. The summed E-state index contributed by atoms with van der Waals surface area (Å²) in [5.41, 5.74) is 8.98. The Labute approximate surface area is 123 Å². The van der Waals surface area contributed by atoms with Gasteiger partial charge in [-0.15, -0.1) is 0 Å². The zero-order valence-corrected chi connectivity index (χ0v) is 13.1. The molecule has 1 atom stereocenters. The first-order chi connectivity index (χ1) is 9.02. The molecule has 3 heteroatoms. The van der Waals surface area contributed by atoms with Crippen molar-refractivity contribution in [1.82, 2.24) is 5.43 Å². The van der Waals surface area contributed by atoms with E-state index in [2.05, 4.69) is 78.5 Å². The Balaban J connectivity index is 2.48. The number of hydrogen-bond acceptors (Lipinski definition) is 2. The minimum atomic E-state index is 0.0189. The number of hydrogen-bond donors (Lipinski definition) is 2. The van der Waals surface area contributed by atoms with E-state index in [0.717, 1.165) is 4.47 Å². The standard InChI is InChI=1S/C16H19BrN2/c1-10-5-4-6-13(7-10)16(19-18)14-8-11(2)15(17)12(3)9-14/h4-9,16,19H,18H2,1-3H3. The van der Waals surface area contributed by atoms with Gasteiger partial charge in [0.25, 0.3) is 0 Å². The number of aryl methyl sites for hydroxylation is 3. The van der Waals surface area contributed by atoms with Gasteiger partial charge in [-0.2, -0.15) is 0 Å². The number of benzene rings is 2. The number of hydrazine groups is 1. The maximum atomic E-state index is 5.76. The third kappa shape index (κ3) is 3.06. The molecule has 0 aliphatic heterocycles. The van der Waals surface area contributed by atoms with Gasteiger partial charge in [-0.25, -0.2) is 5.43 Å². The van der Waals surface area contributed by atoms with Crippen molar-refractivity contribution in [2.75, 3.05) is 0 Å². The molecule has 100 valence electrons. The molecule has 0 spiro atoms. The number of nitrogens with two attached hydrogens (primary N) is 1. The normalized spacial score (nSPS) is 12.5. The van der Waals surface area contributed by atoms with Crippen molar-refractivity contribution in [2.45, 2.75) is 26.8 Å². The lowest BCUT2D eigenvalue weighted by molar-refractivity contribution is 0.635. The van der Waals surface area contributed by atoms with Gasteiger partial charge in [0.2, 0.25) is 0 Å². The third-order valence-corrected chi connectivity index (χ3v) is 4.59. The molecule has 19 heavy (non-hydrogen) atoms. The number of rotatable bonds is 3. The monoisotopic (exact) mass is 318 g/mol. The van der Waals surface area contributed by atoms with Crippen molar-refractivity contribution in [3.63, 3.8) is 0 Å². The molecule has 0 saturated heterocycles.